The molecule has 10 heteroatoms. The highest BCUT2D eigenvalue weighted by Gasteiger charge is 2.67. The van der Waals surface area contributed by atoms with Gasteiger partial charge in [0.15, 0.2) is 0 Å². The third-order valence-corrected chi connectivity index (χ3v) is 7.72. The summed E-state index contributed by atoms with van der Waals surface area (Å²) in [5.74, 6) is -2.03. The molecule has 2 saturated carbocycles. The van der Waals surface area contributed by atoms with Gasteiger partial charge in [0.05, 0.1) is 22.6 Å². The van der Waals surface area contributed by atoms with Crippen LogP contribution in [0.3, 0.4) is 0 Å². The minimum Gasteiger partial charge on any atom is -0.349 e. The second kappa shape index (κ2) is 9.52. The number of nitrogens with one attached hydrogen (secondary N) is 2. The summed E-state index contributed by atoms with van der Waals surface area (Å²) in [4.78, 5) is 25.7. The van der Waals surface area contributed by atoms with Gasteiger partial charge in [-0.15, -0.1) is 23.2 Å². The number of nitrogens with zero attached hydrogens (tertiary/aromatic N) is 1. The molecule has 2 aromatic carbocycles. The van der Waals surface area contributed by atoms with Crippen molar-refractivity contribution in [1.29, 1.82) is 5.26 Å². The van der Waals surface area contributed by atoms with Crippen molar-refractivity contribution < 1.29 is 9.59 Å². The summed E-state index contributed by atoms with van der Waals surface area (Å²) in [5.41, 5.74) is 1.28. The molecule has 0 bridgehead atoms. The molecule has 2 amide bonds. The summed E-state index contributed by atoms with van der Waals surface area (Å²) in [6.07, 6.45) is 2.10. The molecule has 2 unspecified atom stereocenters. The standard InChI is InChI=1S/C23H18Cl5N3O2/c24-13-6-12(7-14(25)8-13)19-20(23(19,27)28)22(33)31-16-3-4-18(26)17(9-16)21(32)30-15-2-1-11(5-15)10-29/h3-4,6-9,11,15,19-20H,1-2,5H2,(H,30,32)(H,31,33)/t11?,15?,19-,20+/m1/s1. The van der Waals surface area contributed by atoms with Gasteiger partial charge in [0, 0.05) is 33.6 Å². The smallest absolute Gasteiger partial charge is 0.253 e. The number of benzene rings is 2. The lowest BCUT2D eigenvalue weighted by Gasteiger charge is -2.14. The van der Waals surface area contributed by atoms with Gasteiger partial charge in [-0.2, -0.15) is 5.26 Å². The number of alkyl halides is 2. The van der Waals surface area contributed by atoms with Crippen molar-refractivity contribution in [1.82, 2.24) is 5.32 Å². The molecule has 172 valence electrons. The summed E-state index contributed by atoms with van der Waals surface area (Å²) in [6.45, 7) is 0. The minimum absolute atomic E-state index is 0.0522. The van der Waals surface area contributed by atoms with Crippen molar-refractivity contribution in [2.45, 2.75) is 35.6 Å². The van der Waals surface area contributed by atoms with Gasteiger partial charge in [-0.25, -0.2) is 0 Å². The third kappa shape index (κ3) is 5.21. The molecule has 0 radical (unpaired) electrons. The van der Waals surface area contributed by atoms with Crippen LogP contribution in [0.5, 0.6) is 0 Å². The first kappa shape index (κ1) is 24.4. The highest BCUT2D eigenvalue weighted by molar-refractivity contribution is 6.53. The number of nitriles is 1. The zero-order valence-electron chi connectivity index (χ0n) is 17.0. The Morgan fingerprint density at radius 1 is 1.03 bits per heavy atom. The van der Waals surface area contributed by atoms with Crippen molar-refractivity contribution in [2.75, 3.05) is 5.32 Å². The molecule has 0 aromatic heterocycles. The van der Waals surface area contributed by atoms with Gasteiger partial charge < -0.3 is 10.6 Å². The maximum absolute atomic E-state index is 12.9. The van der Waals surface area contributed by atoms with Crippen LogP contribution in [0.25, 0.3) is 0 Å². The zero-order chi connectivity index (χ0) is 23.9. The van der Waals surface area contributed by atoms with E-state index in [9.17, 15) is 9.59 Å². The molecular formula is C23H18Cl5N3O2. The van der Waals surface area contributed by atoms with Crippen molar-refractivity contribution in [2.24, 2.45) is 11.8 Å². The zero-order valence-corrected chi connectivity index (χ0v) is 20.8. The molecule has 0 aliphatic heterocycles. The molecule has 4 atom stereocenters. The summed E-state index contributed by atoms with van der Waals surface area (Å²) in [5, 5.41) is 15.8. The monoisotopic (exact) mass is 543 g/mol. The second-order valence-electron chi connectivity index (χ2n) is 8.33. The van der Waals surface area contributed by atoms with Crippen LogP contribution >= 0.6 is 58.0 Å². The van der Waals surface area contributed by atoms with E-state index in [0.29, 0.717) is 27.7 Å². The molecule has 2 aliphatic carbocycles. The van der Waals surface area contributed by atoms with E-state index >= 15 is 0 Å². The van der Waals surface area contributed by atoms with Crippen molar-refractivity contribution >= 4 is 75.5 Å². The normalized spacial score (nSPS) is 25.2. The Morgan fingerprint density at radius 2 is 1.73 bits per heavy atom. The Morgan fingerprint density at radius 3 is 2.36 bits per heavy atom. The van der Waals surface area contributed by atoms with Crippen LogP contribution in [0.4, 0.5) is 5.69 Å². The molecule has 2 N–H and O–H groups in total. The van der Waals surface area contributed by atoms with E-state index < -0.39 is 22.1 Å². The number of hydrogen-bond donors (Lipinski definition) is 2. The fraction of sp³-hybridized carbons (Fsp3) is 0.348. The molecule has 2 aromatic rings. The molecular weight excluding hydrogens is 528 g/mol. The quantitative estimate of drug-likeness (QED) is 0.416. The lowest BCUT2D eigenvalue weighted by molar-refractivity contribution is -0.117. The maximum Gasteiger partial charge on any atom is 0.253 e. The highest BCUT2D eigenvalue weighted by atomic mass is 35.5. The summed E-state index contributed by atoms with van der Waals surface area (Å²) in [6, 6.07) is 11.7. The number of halogens is 5. The van der Waals surface area contributed by atoms with Gasteiger partial charge >= 0.3 is 0 Å². The number of amides is 2. The average molecular weight is 546 g/mol. The van der Waals surface area contributed by atoms with Crippen LogP contribution in [0.15, 0.2) is 36.4 Å². The van der Waals surface area contributed by atoms with E-state index in [1.54, 1.807) is 24.3 Å². The first-order chi connectivity index (χ1) is 15.6. The number of hydrogen-bond acceptors (Lipinski definition) is 3. The first-order valence-corrected chi connectivity index (χ1v) is 12.1. The third-order valence-electron chi connectivity index (χ3n) is 6.01. The molecule has 2 fully saturated rings. The van der Waals surface area contributed by atoms with Crippen LogP contribution in [-0.2, 0) is 4.79 Å². The van der Waals surface area contributed by atoms with E-state index in [1.165, 1.54) is 12.1 Å². The van der Waals surface area contributed by atoms with Gasteiger partial charge in [-0.3, -0.25) is 9.59 Å². The van der Waals surface area contributed by atoms with Gasteiger partial charge in [0.1, 0.15) is 4.33 Å². The SMILES string of the molecule is N#CC1CCC(NC(=O)c2cc(NC(=O)[C@@H]3[C@@H](c4cc(Cl)cc(Cl)c4)C3(Cl)Cl)ccc2Cl)C1. The largest absolute Gasteiger partial charge is 0.349 e. The van der Waals surface area contributed by atoms with E-state index in [2.05, 4.69) is 16.7 Å². The van der Waals surface area contributed by atoms with Crippen molar-refractivity contribution in [3.63, 3.8) is 0 Å². The number of rotatable bonds is 5. The van der Waals surface area contributed by atoms with Gasteiger partial charge in [-0.05, 0) is 61.2 Å². The highest BCUT2D eigenvalue weighted by Crippen LogP contribution is 2.65. The maximum atomic E-state index is 12.9. The molecule has 0 spiro atoms. The summed E-state index contributed by atoms with van der Waals surface area (Å²) >= 11 is 31.2. The van der Waals surface area contributed by atoms with E-state index in [0.717, 1.165) is 12.8 Å². The van der Waals surface area contributed by atoms with Crippen LogP contribution < -0.4 is 10.6 Å². The van der Waals surface area contributed by atoms with E-state index in [1.807, 2.05) is 0 Å². The Bertz CT molecular complexity index is 1140. The lowest BCUT2D eigenvalue weighted by atomic mass is 10.1. The molecule has 33 heavy (non-hydrogen) atoms. The fourth-order valence-electron chi connectivity index (χ4n) is 4.31. The molecule has 5 nitrogen and oxygen atoms in total. The molecule has 4 rings (SSSR count). The Kier molecular flexibility index (Phi) is 7.05. The van der Waals surface area contributed by atoms with E-state index in [4.69, 9.17) is 63.3 Å². The Hall–Kier alpha value is -1.68. The van der Waals surface area contributed by atoms with Crippen LogP contribution in [-0.4, -0.2) is 22.2 Å². The number of carbonyl (C=O) groups excluding carboxylic acids is 2. The van der Waals surface area contributed by atoms with Crippen LogP contribution in [0.2, 0.25) is 15.1 Å². The summed E-state index contributed by atoms with van der Waals surface area (Å²) in [7, 11) is 0. The molecule has 2 aliphatic rings. The van der Waals surface area contributed by atoms with Crippen LogP contribution in [0.1, 0.15) is 41.1 Å². The van der Waals surface area contributed by atoms with Crippen molar-refractivity contribution in [3.8, 4) is 6.07 Å². The Labute approximate surface area is 216 Å². The average Bonchev–Trinajstić information content (AvgIpc) is 3.07. The summed E-state index contributed by atoms with van der Waals surface area (Å²) < 4.78 is -1.31. The predicted octanol–water partition coefficient (Wildman–Crippen LogP) is 6.59. The van der Waals surface area contributed by atoms with E-state index in [-0.39, 0.29) is 28.5 Å². The first-order valence-electron chi connectivity index (χ1n) is 10.2. The van der Waals surface area contributed by atoms with Crippen molar-refractivity contribution in [3.05, 3.63) is 62.6 Å². The number of carbonyl (C=O) groups is 2. The van der Waals surface area contributed by atoms with Crippen LogP contribution in [0, 0.1) is 23.2 Å². The lowest BCUT2D eigenvalue weighted by Crippen LogP contribution is -2.33. The molecule has 0 saturated heterocycles. The second-order valence-corrected chi connectivity index (χ2v) is 11.1. The fourth-order valence-corrected chi connectivity index (χ4v) is 5.89. The predicted molar refractivity (Wildman–Crippen MR) is 131 cm³/mol. The van der Waals surface area contributed by atoms with Gasteiger partial charge in [0.25, 0.3) is 5.91 Å². The topological polar surface area (TPSA) is 82.0 Å². The molecule has 0 heterocycles. The number of anilines is 1. The minimum atomic E-state index is -1.31. The van der Waals surface area contributed by atoms with Gasteiger partial charge in [0.2, 0.25) is 5.91 Å². The Balaban J connectivity index is 1.46. The van der Waals surface area contributed by atoms with Gasteiger partial charge in [-0.1, -0.05) is 34.8 Å².